The number of rotatable bonds is 7. The number of anilines is 2. The van der Waals surface area contributed by atoms with Gasteiger partial charge in [-0.05, 0) is 49.4 Å². The largest absolute Gasteiger partial charge is 0.377 e. The van der Waals surface area contributed by atoms with Gasteiger partial charge >= 0.3 is 0 Å². The van der Waals surface area contributed by atoms with Crippen molar-refractivity contribution in [3.8, 4) is 0 Å². The number of hydrogen-bond acceptors (Lipinski definition) is 3. The van der Waals surface area contributed by atoms with Gasteiger partial charge in [0.15, 0.2) is 0 Å². The molecule has 2 saturated carbocycles. The van der Waals surface area contributed by atoms with Gasteiger partial charge in [-0.1, -0.05) is 26.2 Å². The van der Waals surface area contributed by atoms with Crippen molar-refractivity contribution in [2.45, 2.75) is 70.9 Å². The van der Waals surface area contributed by atoms with Crippen molar-refractivity contribution in [1.29, 1.82) is 0 Å². The van der Waals surface area contributed by atoms with Gasteiger partial charge in [0, 0.05) is 50.4 Å². The highest BCUT2D eigenvalue weighted by Crippen LogP contribution is 2.35. The minimum atomic E-state index is 0.0109. The summed E-state index contributed by atoms with van der Waals surface area (Å²) in [5, 5.41) is 2.95. The summed E-state index contributed by atoms with van der Waals surface area (Å²) < 4.78 is 0. The quantitative estimate of drug-likeness (QED) is 0.782. The Labute approximate surface area is 163 Å². The zero-order chi connectivity index (χ0) is 19.4. The molecule has 1 aromatic carbocycles. The number of hydrogen-bond donors (Lipinski definition) is 1. The summed E-state index contributed by atoms with van der Waals surface area (Å²) in [6.07, 6.45) is 8.47. The SMILES string of the molecule is CCC(=O)Nc1ccc(N(C)C)c(CN(C(=O)C2CC2)C2CCCCC2)c1. The third-order valence-corrected chi connectivity index (χ3v) is 5.73. The molecule has 5 heteroatoms. The van der Waals surface area contributed by atoms with Crippen LogP contribution in [0.15, 0.2) is 18.2 Å². The van der Waals surface area contributed by atoms with Crippen LogP contribution >= 0.6 is 0 Å². The first-order chi connectivity index (χ1) is 13.0. The molecular weight excluding hydrogens is 338 g/mol. The van der Waals surface area contributed by atoms with Crippen LogP contribution in [0, 0.1) is 5.92 Å². The van der Waals surface area contributed by atoms with E-state index in [2.05, 4.69) is 15.1 Å². The topological polar surface area (TPSA) is 52.7 Å². The highest BCUT2D eigenvalue weighted by Gasteiger charge is 2.37. The van der Waals surface area contributed by atoms with Crippen molar-refractivity contribution in [2.75, 3.05) is 24.3 Å². The molecule has 0 heterocycles. The summed E-state index contributed by atoms with van der Waals surface area (Å²) in [7, 11) is 4.05. The number of nitrogens with zero attached hydrogens (tertiary/aromatic N) is 2. The van der Waals surface area contributed by atoms with Gasteiger partial charge in [0.2, 0.25) is 11.8 Å². The molecule has 0 bridgehead atoms. The number of benzene rings is 1. The molecule has 0 saturated heterocycles. The first kappa shape index (κ1) is 19.7. The molecular formula is C22H33N3O2. The third-order valence-electron chi connectivity index (χ3n) is 5.73. The van der Waals surface area contributed by atoms with E-state index in [0.717, 1.165) is 42.6 Å². The van der Waals surface area contributed by atoms with Crippen molar-refractivity contribution >= 4 is 23.2 Å². The second-order valence-corrected chi connectivity index (χ2v) is 8.17. The Morgan fingerprint density at radius 2 is 1.78 bits per heavy atom. The highest BCUT2D eigenvalue weighted by atomic mass is 16.2. The fourth-order valence-electron chi connectivity index (χ4n) is 4.00. The highest BCUT2D eigenvalue weighted by molar-refractivity contribution is 5.91. The lowest BCUT2D eigenvalue weighted by Crippen LogP contribution is -2.42. The van der Waals surface area contributed by atoms with E-state index in [1.807, 2.05) is 39.2 Å². The molecule has 1 N–H and O–H groups in total. The summed E-state index contributed by atoms with van der Waals surface area (Å²) in [5.74, 6) is 0.573. The molecule has 0 atom stereocenters. The summed E-state index contributed by atoms with van der Waals surface area (Å²) in [6, 6.07) is 6.39. The van der Waals surface area contributed by atoms with Gasteiger partial charge in [0.25, 0.3) is 0 Å². The summed E-state index contributed by atoms with van der Waals surface area (Å²) in [5.41, 5.74) is 3.02. The van der Waals surface area contributed by atoms with E-state index in [9.17, 15) is 9.59 Å². The monoisotopic (exact) mass is 371 g/mol. The second-order valence-electron chi connectivity index (χ2n) is 8.17. The van der Waals surface area contributed by atoms with E-state index in [4.69, 9.17) is 0 Å². The Morgan fingerprint density at radius 3 is 2.37 bits per heavy atom. The number of nitrogens with one attached hydrogen (secondary N) is 1. The molecule has 0 spiro atoms. The normalized spacial score (nSPS) is 17.4. The maximum absolute atomic E-state index is 13.0. The van der Waals surface area contributed by atoms with Crippen LogP contribution in [-0.2, 0) is 16.1 Å². The van der Waals surface area contributed by atoms with Crippen LogP contribution in [0.3, 0.4) is 0 Å². The fourth-order valence-corrected chi connectivity index (χ4v) is 4.00. The van der Waals surface area contributed by atoms with Gasteiger partial charge < -0.3 is 15.1 Å². The molecule has 0 unspecified atom stereocenters. The Bertz CT molecular complexity index is 676. The minimum absolute atomic E-state index is 0.0109. The smallest absolute Gasteiger partial charge is 0.226 e. The van der Waals surface area contributed by atoms with Gasteiger partial charge in [-0.25, -0.2) is 0 Å². The van der Waals surface area contributed by atoms with E-state index in [1.54, 1.807) is 0 Å². The van der Waals surface area contributed by atoms with Crippen molar-refractivity contribution in [3.05, 3.63) is 23.8 Å². The van der Waals surface area contributed by atoms with Crippen molar-refractivity contribution in [2.24, 2.45) is 5.92 Å². The molecule has 0 aromatic heterocycles. The molecule has 1 aromatic rings. The first-order valence-electron chi connectivity index (χ1n) is 10.4. The maximum atomic E-state index is 13.0. The molecule has 2 aliphatic rings. The van der Waals surface area contributed by atoms with Crippen molar-refractivity contribution < 1.29 is 9.59 Å². The van der Waals surface area contributed by atoms with Crippen LogP contribution in [0.2, 0.25) is 0 Å². The zero-order valence-electron chi connectivity index (χ0n) is 17.0. The molecule has 3 rings (SSSR count). The molecule has 148 valence electrons. The molecule has 2 aliphatic carbocycles. The average Bonchev–Trinajstić information content (AvgIpc) is 3.51. The molecule has 2 fully saturated rings. The number of carbonyl (C=O) groups excluding carboxylic acids is 2. The second kappa shape index (κ2) is 8.77. The molecule has 2 amide bonds. The predicted molar refractivity (Wildman–Crippen MR) is 110 cm³/mol. The molecule has 5 nitrogen and oxygen atoms in total. The standard InChI is InChI=1S/C22H33N3O2/c1-4-21(26)23-18-12-13-20(24(2)3)17(14-18)15-25(22(27)16-10-11-16)19-8-6-5-7-9-19/h12-14,16,19H,4-11,15H2,1-3H3,(H,23,26). The van der Waals surface area contributed by atoms with E-state index in [1.165, 1.54) is 19.3 Å². The van der Waals surface area contributed by atoms with Gasteiger partial charge in [-0.15, -0.1) is 0 Å². The predicted octanol–water partition coefficient (Wildman–Crippen LogP) is 4.17. The summed E-state index contributed by atoms with van der Waals surface area (Å²) in [6.45, 7) is 2.48. The van der Waals surface area contributed by atoms with E-state index in [0.29, 0.717) is 24.9 Å². The van der Waals surface area contributed by atoms with Gasteiger partial charge in [-0.3, -0.25) is 9.59 Å². The van der Waals surface area contributed by atoms with Crippen molar-refractivity contribution in [1.82, 2.24) is 4.90 Å². The fraction of sp³-hybridized carbons (Fsp3) is 0.636. The Morgan fingerprint density at radius 1 is 1.07 bits per heavy atom. The van der Waals surface area contributed by atoms with Crippen LogP contribution < -0.4 is 10.2 Å². The van der Waals surface area contributed by atoms with E-state index in [-0.39, 0.29) is 11.8 Å². The van der Waals surface area contributed by atoms with Gasteiger partial charge in [0.1, 0.15) is 0 Å². The Hall–Kier alpha value is -2.04. The van der Waals surface area contributed by atoms with E-state index < -0.39 is 0 Å². The third kappa shape index (κ3) is 5.02. The van der Waals surface area contributed by atoms with Crippen LogP contribution in [0.1, 0.15) is 63.9 Å². The Balaban J connectivity index is 1.86. The van der Waals surface area contributed by atoms with Crippen LogP contribution in [-0.4, -0.2) is 36.9 Å². The lowest BCUT2D eigenvalue weighted by atomic mass is 9.93. The average molecular weight is 372 g/mol. The van der Waals surface area contributed by atoms with Crippen LogP contribution in [0.4, 0.5) is 11.4 Å². The summed E-state index contributed by atoms with van der Waals surface area (Å²) >= 11 is 0. The molecule has 0 radical (unpaired) electrons. The van der Waals surface area contributed by atoms with Gasteiger partial charge in [0.05, 0.1) is 0 Å². The van der Waals surface area contributed by atoms with Crippen LogP contribution in [0.25, 0.3) is 0 Å². The lowest BCUT2D eigenvalue weighted by Gasteiger charge is -2.35. The number of amides is 2. The van der Waals surface area contributed by atoms with Gasteiger partial charge in [-0.2, -0.15) is 0 Å². The van der Waals surface area contributed by atoms with Crippen molar-refractivity contribution in [3.63, 3.8) is 0 Å². The minimum Gasteiger partial charge on any atom is -0.377 e. The van der Waals surface area contributed by atoms with E-state index >= 15 is 0 Å². The number of carbonyl (C=O) groups is 2. The first-order valence-corrected chi connectivity index (χ1v) is 10.4. The van der Waals surface area contributed by atoms with Crippen LogP contribution in [0.5, 0.6) is 0 Å². The zero-order valence-corrected chi connectivity index (χ0v) is 17.0. The lowest BCUT2D eigenvalue weighted by molar-refractivity contribution is -0.136. The maximum Gasteiger partial charge on any atom is 0.226 e. The molecule has 0 aliphatic heterocycles. The summed E-state index contributed by atoms with van der Waals surface area (Å²) in [4.78, 5) is 29.1. The molecule has 27 heavy (non-hydrogen) atoms. The Kier molecular flexibility index (Phi) is 6.40.